The molecule has 0 aliphatic heterocycles. The number of hydrogen-bond donors (Lipinski definition) is 2. The van der Waals surface area contributed by atoms with Crippen LogP contribution in [0.15, 0.2) is 35.5 Å². The Morgan fingerprint density at radius 3 is 2.79 bits per heavy atom. The van der Waals surface area contributed by atoms with E-state index in [-0.39, 0.29) is 24.0 Å². The monoisotopic (exact) mass is 439 g/mol. The van der Waals surface area contributed by atoms with Gasteiger partial charge in [0.25, 0.3) is 0 Å². The minimum atomic E-state index is 0. The molecule has 2 aromatic rings. The Bertz CT molecular complexity index is 692. The van der Waals surface area contributed by atoms with Crippen LogP contribution in [-0.4, -0.2) is 22.3 Å². The van der Waals surface area contributed by atoms with E-state index in [0.717, 1.165) is 18.2 Å². The molecule has 0 saturated carbocycles. The Hall–Kier alpha value is -1.57. The average molecular weight is 439 g/mol. The molecule has 5 nitrogen and oxygen atoms in total. The first-order valence-corrected chi connectivity index (χ1v) is 8.36. The van der Waals surface area contributed by atoms with E-state index in [1.807, 2.05) is 24.0 Å². The molecule has 0 amide bonds. The third-order valence-corrected chi connectivity index (χ3v) is 4.29. The lowest BCUT2D eigenvalue weighted by atomic mass is 10.1. The summed E-state index contributed by atoms with van der Waals surface area (Å²) in [5.41, 5.74) is 5.43. The minimum absolute atomic E-state index is 0. The van der Waals surface area contributed by atoms with E-state index >= 15 is 0 Å². The summed E-state index contributed by atoms with van der Waals surface area (Å²) in [7, 11) is 1.95. The summed E-state index contributed by atoms with van der Waals surface area (Å²) in [4.78, 5) is 4.70. The molecule has 1 aliphatic carbocycles. The number of halogens is 1. The normalized spacial score (nSPS) is 13.3. The van der Waals surface area contributed by atoms with Crippen LogP contribution in [0, 0.1) is 0 Å². The highest BCUT2D eigenvalue weighted by atomic mass is 127. The van der Waals surface area contributed by atoms with Crippen molar-refractivity contribution in [2.45, 2.75) is 39.3 Å². The molecule has 0 bridgehead atoms. The van der Waals surface area contributed by atoms with Crippen LogP contribution in [-0.2, 0) is 33.0 Å². The van der Waals surface area contributed by atoms with E-state index in [4.69, 9.17) is 4.99 Å². The molecular formula is C18H26IN5. The van der Waals surface area contributed by atoms with Gasteiger partial charge in [-0.05, 0) is 48.9 Å². The molecule has 0 saturated heterocycles. The van der Waals surface area contributed by atoms with E-state index in [1.54, 1.807) is 0 Å². The fourth-order valence-corrected chi connectivity index (χ4v) is 2.98. The second kappa shape index (κ2) is 9.05. The summed E-state index contributed by atoms with van der Waals surface area (Å²) in [6.07, 6.45) is 5.54. The topological polar surface area (TPSA) is 54.2 Å². The van der Waals surface area contributed by atoms with Crippen LogP contribution in [0.2, 0.25) is 0 Å². The molecule has 130 valence electrons. The lowest BCUT2D eigenvalue weighted by Crippen LogP contribution is -2.37. The Balaban J connectivity index is 0.00000208. The molecule has 6 heteroatoms. The molecule has 1 aliphatic rings. The van der Waals surface area contributed by atoms with E-state index < -0.39 is 0 Å². The number of aliphatic imine (C=N–C) groups is 1. The lowest BCUT2D eigenvalue weighted by molar-refractivity contribution is 0.685. The van der Waals surface area contributed by atoms with Crippen molar-refractivity contribution in [2.24, 2.45) is 12.0 Å². The summed E-state index contributed by atoms with van der Waals surface area (Å²) < 4.78 is 1.87. The molecule has 0 radical (unpaired) electrons. The number of hydrogen-bond acceptors (Lipinski definition) is 2. The summed E-state index contributed by atoms with van der Waals surface area (Å²) in [5, 5.41) is 10.8. The van der Waals surface area contributed by atoms with Crippen LogP contribution in [0.3, 0.4) is 0 Å². The zero-order chi connectivity index (χ0) is 16.1. The van der Waals surface area contributed by atoms with Gasteiger partial charge in [0, 0.05) is 19.8 Å². The quantitative estimate of drug-likeness (QED) is 0.428. The summed E-state index contributed by atoms with van der Waals surface area (Å²) in [6, 6.07) is 8.80. The molecule has 0 spiro atoms. The molecule has 1 aromatic carbocycles. The zero-order valence-electron chi connectivity index (χ0n) is 14.4. The molecule has 24 heavy (non-hydrogen) atoms. The van der Waals surface area contributed by atoms with Crippen molar-refractivity contribution in [3.63, 3.8) is 0 Å². The van der Waals surface area contributed by atoms with Crippen LogP contribution >= 0.6 is 24.0 Å². The van der Waals surface area contributed by atoms with E-state index in [9.17, 15) is 0 Å². The highest BCUT2D eigenvalue weighted by molar-refractivity contribution is 14.0. The SMILES string of the molecule is CCNC(=NCc1ccc2c(c1)CCC2)NCc1ccnn1C.I. The fraction of sp³-hybridized carbons (Fsp3) is 0.444. The molecule has 0 fully saturated rings. The highest BCUT2D eigenvalue weighted by Crippen LogP contribution is 2.23. The average Bonchev–Trinajstić information content (AvgIpc) is 3.18. The Morgan fingerprint density at radius 2 is 2.04 bits per heavy atom. The van der Waals surface area contributed by atoms with Gasteiger partial charge in [-0.3, -0.25) is 4.68 Å². The van der Waals surface area contributed by atoms with Gasteiger partial charge in [0.1, 0.15) is 0 Å². The Kier molecular flexibility index (Phi) is 7.08. The van der Waals surface area contributed by atoms with Gasteiger partial charge in [0.15, 0.2) is 5.96 Å². The van der Waals surface area contributed by atoms with Crippen LogP contribution in [0.1, 0.15) is 35.7 Å². The van der Waals surface area contributed by atoms with Gasteiger partial charge < -0.3 is 10.6 Å². The first-order valence-electron chi connectivity index (χ1n) is 8.36. The van der Waals surface area contributed by atoms with Gasteiger partial charge in [0.2, 0.25) is 0 Å². The van der Waals surface area contributed by atoms with Crippen molar-refractivity contribution in [3.05, 3.63) is 52.8 Å². The number of benzene rings is 1. The standard InChI is InChI=1S/C18H25N5.HI/c1-3-19-18(21-13-17-9-10-22-23(17)2)20-12-14-7-8-15-5-4-6-16(15)11-14;/h7-11H,3-6,12-13H2,1-2H3,(H2,19,20,21);1H. The maximum absolute atomic E-state index is 4.70. The Morgan fingerprint density at radius 1 is 1.21 bits per heavy atom. The van der Waals surface area contributed by atoms with Crippen molar-refractivity contribution in [2.75, 3.05) is 6.54 Å². The number of aryl methyl sites for hydroxylation is 3. The molecule has 1 aromatic heterocycles. The van der Waals surface area contributed by atoms with E-state index in [2.05, 4.69) is 40.9 Å². The fourth-order valence-electron chi connectivity index (χ4n) is 2.98. The first kappa shape index (κ1) is 18.8. The molecule has 0 unspecified atom stereocenters. The largest absolute Gasteiger partial charge is 0.357 e. The van der Waals surface area contributed by atoms with Crippen LogP contribution in [0.4, 0.5) is 0 Å². The van der Waals surface area contributed by atoms with Gasteiger partial charge in [0.05, 0.1) is 18.8 Å². The van der Waals surface area contributed by atoms with Gasteiger partial charge in [-0.1, -0.05) is 18.2 Å². The molecular weight excluding hydrogens is 413 g/mol. The van der Waals surface area contributed by atoms with Crippen LogP contribution < -0.4 is 10.6 Å². The number of rotatable bonds is 5. The zero-order valence-corrected chi connectivity index (χ0v) is 16.7. The smallest absolute Gasteiger partial charge is 0.191 e. The van der Waals surface area contributed by atoms with Crippen LogP contribution in [0.5, 0.6) is 0 Å². The second-order valence-corrected chi connectivity index (χ2v) is 5.95. The van der Waals surface area contributed by atoms with Gasteiger partial charge in [-0.2, -0.15) is 5.10 Å². The molecule has 0 atom stereocenters. The van der Waals surface area contributed by atoms with Gasteiger partial charge in [-0.15, -0.1) is 24.0 Å². The summed E-state index contributed by atoms with van der Waals surface area (Å²) in [5.74, 6) is 0.842. The predicted octanol–water partition coefficient (Wildman–Crippen LogP) is 2.78. The maximum atomic E-state index is 4.70. The van der Waals surface area contributed by atoms with Gasteiger partial charge in [-0.25, -0.2) is 4.99 Å². The lowest BCUT2D eigenvalue weighted by Gasteiger charge is -2.11. The van der Waals surface area contributed by atoms with Gasteiger partial charge >= 0.3 is 0 Å². The maximum Gasteiger partial charge on any atom is 0.191 e. The number of fused-ring (bicyclic) bond motifs is 1. The van der Waals surface area contributed by atoms with E-state index in [0.29, 0.717) is 13.1 Å². The number of nitrogens with zero attached hydrogens (tertiary/aromatic N) is 3. The molecule has 3 rings (SSSR count). The number of aromatic nitrogens is 2. The van der Waals surface area contributed by atoms with E-state index in [1.165, 1.54) is 36.0 Å². The summed E-state index contributed by atoms with van der Waals surface area (Å²) >= 11 is 0. The van der Waals surface area contributed by atoms with Crippen molar-refractivity contribution in [3.8, 4) is 0 Å². The number of nitrogens with one attached hydrogen (secondary N) is 2. The van der Waals surface area contributed by atoms with Crippen molar-refractivity contribution in [1.29, 1.82) is 0 Å². The predicted molar refractivity (Wildman–Crippen MR) is 109 cm³/mol. The third-order valence-electron chi connectivity index (χ3n) is 4.29. The summed E-state index contributed by atoms with van der Waals surface area (Å²) in [6.45, 7) is 4.35. The molecule has 1 heterocycles. The van der Waals surface area contributed by atoms with Crippen molar-refractivity contribution >= 4 is 29.9 Å². The third kappa shape index (κ3) is 4.72. The Labute approximate surface area is 161 Å². The molecule has 2 N–H and O–H groups in total. The second-order valence-electron chi connectivity index (χ2n) is 5.95. The first-order chi connectivity index (χ1) is 11.3. The van der Waals surface area contributed by atoms with Crippen LogP contribution in [0.25, 0.3) is 0 Å². The van der Waals surface area contributed by atoms with Crippen molar-refractivity contribution < 1.29 is 0 Å². The minimum Gasteiger partial charge on any atom is -0.357 e. The highest BCUT2D eigenvalue weighted by Gasteiger charge is 2.10. The van der Waals surface area contributed by atoms with Crippen molar-refractivity contribution in [1.82, 2.24) is 20.4 Å². The number of guanidine groups is 1.